The van der Waals surface area contributed by atoms with Crippen molar-refractivity contribution in [1.82, 2.24) is 0 Å². The second-order valence-electron chi connectivity index (χ2n) is 4.34. The van der Waals surface area contributed by atoms with Gasteiger partial charge in [-0.3, -0.25) is 0 Å². The van der Waals surface area contributed by atoms with Crippen LogP contribution in [-0.2, 0) is 0 Å². The van der Waals surface area contributed by atoms with Crippen molar-refractivity contribution in [2.24, 2.45) is 0 Å². The van der Waals surface area contributed by atoms with E-state index in [1.165, 1.54) is 26.8 Å². The minimum Gasteiger partial charge on any atom is -0.129 e. The summed E-state index contributed by atoms with van der Waals surface area (Å²) in [5.74, 6) is 0. The maximum atomic E-state index is 3.63. The number of hydrogen-bond donors (Lipinski definition) is 0. The Bertz CT molecular complexity index is 734. The standard InChI is InChI=1S/C17H13BrS/c1-19-17-11-3-2-6-15(17)13-7-4-9-14-12(13)8-5-10-16(14)18/h2-11H,1H3. The number of thioether (sulfide) groups is 1. The summed E-state index contributed by atoms with van der Waals surface area (Å²) in [5, 5.41) is 2.55. The molecular weight excluding hydrogens is 316 g/mol. The molecule has 19 heavy (non-hydrogen) atoms. The molecule has 2 heteroatoms. The third kappa shape index (κ3) is 2.31. The smallest absolute Gasteiger partial charge is 0.0253 e. The second kappa shape index (κ2) is 5.40. The van der Waals surface area contributed by atoms with Crippen molar-refractivity contribution in [1.29, 1.82) is 0 Å². The van der Waals surface area contributed by atoms with Crippen LogP contribution < -0.4 is 0 Å². The molecule has 3 rings (SSSR count). The van der Waals surface area contributed by atoms with E-state index in [2.05, 4.69) is 82.8 Å². The molecule has 0 aromatic heterocycles. The molecule has 0 aliphatic heterocycles. The Balaban J connectivity index is 2.34. The van der Waals surface area contributed by atoms with Crippen molar-refractivity contribution in [2.45, 2.75) is 4.90 Å². The van der Waals surface area contributed by atoms with Crippen LogP contribution in [0.15, 0.2) is 70.0 Å². The molecule has 0 fully saturated rings. The molecule has 0 radical (unpaired) electrons. The van der Waals surface area contributed by atoms with Crippen LogP contribution in [0.2, 0.25) is 0 Å². The zero-order valence-electron chi connectivity index (χ0n) is 10.6. The van der Waals surface area contributed by atoms with Crippen molar-refractivity contribution >= 4 is 38.5 Å². The van der Waals surface area contributed by atoms with E-state index in [9.17, 15) is 0 Å². The molecule has 0 unspecified atom stereocenters. The van der Waals surface area contributed by atoms with E-state index in [0.717, 1.165) is 4.47 Å². The Morgan fingerprint density at radius 1 is 0.737 bits per heavy atom. The van der Waals surface area contributed by atoms with E-state index in [-0.39, 0.29) is 0 Å². The molecular formula is C17H13BrS. The Hall–Kier alpha value is -1.25. The first-order valence-corrected chi connectivity index (χ1v) is 8.13. The van der Waals surface area contributed by atoms with Gasteiger partial charge in [-0.2, -0.15) is 0 Å². The predicted octanol–water partition coefficient (Wildman–Crippen LogP) is 5.99. The van der Waals surface area contributed by atoms with E-state index in [4.69, 9.17) is 0 Å². The molecule has 0 amide bonds. The molecule has 3 aromatic rings. The fourth-order valence-corrected chi connectivity index (χ4v) is 3.48. The molecule has 0 atom stereocenters. The number of halogens is 1. The highest BCUT2D eigenvalue weighted by Gasteiger charge is 2.08. The summed E-state index contributed by atoms with van der Waals surface area (Å²) in [4.78, 5) is 1.31. The molecule has 0 aliphatic carbocycles. The predicted molar refractivity (Wildman–Crippen MR) is 88.9 cm³/mol. The van der Waals surface area contributed by atoms with Crippen molar-refractivity contribution in [3.8, 4) is 11.1 Å². The van der Waals surface area contributed by atoms with E-state index >= 15 is 0 Å². The van der Waals surface area contributed by atoms with Gasteiger partial charge in [-0.25, -0.2) is 0 Å². The highest BCUT2D eigenvalue weighted by molar-refractivity contribution is 9.10. The first-order valence-electron chi connectivity index (χ1n) is 6.12. The van der Waals surface area contributed by atoms with Crippen LogP contribution in [0.25, 0.3) is 21.9 Å². The van der Waals surface area contributed by atoms with Crippen molar-refractivity contribution in [3.05, 3.63) is 65.1 Å². The first kappa shape index (κ1) is 12.8. The molecule has 0 nitrogen and oxygen atoms in total. The zero-order valence-corrected chi connectivity index (χ0v) is 13.0. The topological polar surface area (TPSA) is 0 Å². The van der Waals surface area contributed by atoms with E-state index in [1.54, 1.807) is 11.8 Å². The summed E-state index contributed by atoms with van der Waals surface area (Å²) in [7, 11) is 0. The summed E-state index contributed by atoms with van der Waals surface area (Å²) < 4.78 is 1.15. The highest BCUT2D eigenvalue weighted by Crippen LogP contribution is 2.36. The summed E-state index contributed by atoms with van der Waals surface area (Å²) in [6.45, 7) is 0. The van der Waals surface area contributed by atoms with Gasteiger partial charge in [0.05, 0.1) is 0 Å². The molecule has 0 saturated carbocycles. The fourth-order valence-electron chi connectivity index (χ4n) is 2.37. The van der Waals surface area contributed by atoms with Gasteiger partial charge in [0.25, 0.3) is 0 Å². The van der Waals surface area contributed by atoms with Crippen LogP contribution in [0.1, 0.15) is 0 Å². The van der Waals surface area contributed by atoms with Gasteiger partial charge in [0.2, 0.25) is 0 Å². The minimum absolute atomic E-state index is 1.15. The van der Waals surface area contributed by atoms with Gasteiger partial charge in [-0.05, 0) is 40.3 Å². The van der Waals surface area contributed by atoms with E-state index in [0.29, 0.717) is 0 Å². The summed E-state index contributed by atoms with van der Waals surface area (Å²) in [6, 6.07) is 21.4. The number of rotatable bonds is 2. The Kier molecular flexibility index (Phi) is 3.63. The number of fused-ring (bicyclic) bond motifs is 1. The van der Waals surface area contributed by atoms with Crippen LogP contribution in [0, 0.1) is 0 Å². The number of hydrogen-bond acceptors (Lipinski definition) is 1. The van der Waals surface area contributed by atoms with Crippen LogP contribution in [0.5, 0.6) is 0 Å². The maximum absolute atomic E-state index is 3.63. The Labute approximate surface area is 126 Å². The van der Waals surface area contributed by atoms with Crippen molar-refractivity contribution in [2.75, 3.05) is 6.26 Å². The molecule has 0 saturated heterocycles. The molecule has 3 aromatic carbocycles. The third-order valence-corrected chi connectivity index (χ3v) is 4.75. The van der Waals surface area contributed by atoms with Gasteiger partial charge in [0, 0.05) is 9.37 Å². The first-order chi connectivity index (χ1) is 9.31. The van der Waals surface area contributed by atoms with E-state index in [1.807, 2.05) is 0 Å². The van der Waals surface area contributed by atoms with Crippen molar-refractivity contribution < 1.29 is 0 Å². The lowest BCUT2D eigenvalue weighted by atomic mass is 9.98. The monoisotopic (exact) mass is 328 g/mol. The van der Waals surface area contributed by atoms with Gasteiger partial charge in [0.15, 0.2) is 0 Å². The quantitative estimate of drug-likeness (QED) is 0.520. The molecule has 0 spiro atoms. The lowest BCUT2D eigenvalue weighted by Gasteiger charge is -2.11. The fraction of sp³-hybridized carbons (Fsp3) is 0.0588. The Morgan fingerprint density at radius 2 is 1.42 bits per heavy atom. The van der Waals surface area contributed by atoms with Gasteiger partial charge in [-0.15, -0.1) is 11.8 Å². The van der Waals surface area contributed by atoms with Crippen LogP contribution >= 0.6 is 27.7 Å². The molecule has 0 N–H and O–H groups in total. The number of benzene rings is 3. The molecule has 0 bridgehead atoms. The lowest BCUT2D eigenvalue weighted by Crippen LogP contribution is -1.84. The second-order valence-corrected chi connectivity index (χ2v) is 6.04. The van der Waals surface area contributed by atoms with E-state index < -0.39 is 0 Å². The van der Waals surface area contributed by atoms with Crippen LogP contribution in [0.3, 0.4) is 0 Å². The lowest BCUT2D eigenvalue weighted by molar-refractivity contribution is 1.46. The zero-order chi connectivity index (χ0) is 13.2. The van der Waals surface area contributed by atoms with Crippen LogP contribution in [-0.4, -0.2) is 6.26 Å². The minimum atomic E-state index is 1.15. The van der Waals surface area contributed by atoms with Crippen LogP contribution in [0.4, 0.5) is 0 Å². The Morgan fingerprint density at radius 3 is 2.26 bits per heavy atom. The normalized spacial score (nSPS) is 10.8. The third-order valence-electron chi connectivity index (χ3n) is 3.27. The van der Waals surface area contributed by atoms with Gasteiger partial charge < -0.3 is 0 Å². The maximum Gasteiger partial charge on any atom is 0.0253 e. The van der Waals surface area contributed by atoms with Gasteiger partial charge in [0.1, 0.15) is 0 Å². The average Bonchev–Trinajstić information content (AvgIpc) is 2.47. The van der Waals surface area contributed by atoms with Crippen molar-refractivity contribution in [3.63, 3.8) is 0 Å². The van der Waals surface area contributed by atoms with Gasteiger partial charge >= 0.3 is 0 Å². The summed E-state index contributed by atoms with van der Waals surface area (Å²) in [6.07, 6.45) is 2.12. The summed E-state index contributed by atoms with van der Waals surface area (Å²) >= 11 is 5.43. The molecule has 94 valence electrons. The SMILES string of the molecule is CSc1ccccc1-c1cccc2c(Br)cccc12. The molecule has 0 heterocycles. The average molecular weight is 329 g/mol. The van der Waals surface area contributed by atoms with Gasteiger partial charge in [-0.1, -0.05) is 64.5 Å². The highest BCUT2D eigenvalue weighted by atomic mass is 79.9. The molecule has 0 aliphatic rings. The summed E-state index contributed by atoms with van der Waals surface area (Å²) in [5.41, 5.74) is 2.60. The largest absolute Gasteiger partial charge is 0.129 e.